The van der Waals surface area contributed by atoms with Gasteiger partial charge < -0.3 is 14.8 Å². The second-order valence-corrected chi connectivity index (χ2v) is 6.83. The second kappa shape index (κ2) is 7.78. The Labute approximate surface area is 137 Å². The normalized spacial score (nSPS) is 22.2. The van der Waals surface area contributed by atoms with Gasteiger partial charge in [-0.1, -0.05) is 15.9 Å². The molecule has 1 saturated carbocycles. The first-order valence-electron chi connectivity index (χ1n) is 7.01. The predicted molar refractivity (Wildman–Crippen MR) is 88.3 cm³/mol. The summed E-state index contributed by atoms with van der Waals surface area (Å²) in [6, 6.07) is 4.67. The number of benzene rings is 1. The van der Waals surface area contributed by atoms with Crippen molar-refractivity contribution < 1.29 is 9.47 Å². The largest absolute Gasteiger partial charge is 0.492 e. The summed E-state index contributed by atoms with van der Waals surface area (Å²) >= 11 is 7.11. The Hall–Kier alpha value is -0.100. The minimum Gasteiger partial charge on any atom is -0.492 e. The molecule has 1 aliphatic rings. The topological polar surface area (TPSA) is 30.5 Å². The Kier molecular flexibility index (Phi) is 6.33. The van der Waals surface area contributed by atoms with Crippen molar-refractivity contribution >= 4 is 31.9 Å². The lowest BCUT2D eigenvalue weighted by atomic mass is 10.1. The van der Waals surface area contributed by atoms with Crippen molar-refractivity contribution in [3.05, 3.63) is 26.6 Å². The van der Waals surface area contributed by atoms with Gasteiger partial charge in [-0.05, 0) is 54.2 Å². The van der Waals surface area contributed by atoms with Crippen molar-refractivity contribution in [1.82, 2.24) is 5.32 Å². The molecule has 2 atom stereocenters. The van der Waals surface area contributed by atoms with E-state index in [4.69, 9.17) is 9.47 Å². The first kappa shape index (κ1) is 16.3. The number of methoxy groups -OCH3 is 1. The molecule has 1 fully saturated rings. The molecule has 1 aromatic rings. The van der Waals surface area contributed by atoms with Crippen molar-refractivity contribution in [2.24, 2.45) is 0 Å². The van der Waals surface area contributed by atoms with E-state index in [1.807, 2.05) is 13.0 Å². The molecular formula is C15H21Br2NO2. The molecule has 0 amide bonds. The van der Waals surface area contributed by atoms with Gasteiger partial charge in [0.25, 0.3) is 0 Å². The molecule has 2 unspecified atom stereocenters. The van der Waals surface area contributed by atoms with Gasteiger partial charge in [0, 0.05) is 29.7 Å². The van der Waals surface area contributed by atoms with E-state index < -0.39 is 0 Å². The second-order valence-electron chi connectivity index (χ2n) is 5.06. The molecule has 0 bridgehead atoms. The highest BCUT2D eigenvalue weighted by Crippen LogP contribution is 2.33. The van der Waals surface area contributed by atoms with Crippen LogP contribution >= 0.6 is 31.9 Å². The molecule has 1 aromatic carbocycles. The number of ether oxygens (including phenoxy) is 2. The maximum Gasteiger partial charge on any atom is 0.138 e. The Morgan fingerprint density at radius 2 is 2.10 bits per heavy atom. The van der Waals surface area contributed by atoms with E-state index in [9.17, 15) is 0 Å². The lowest BCUT2D eigenvalue weighted by Crippen LogP contribution is -2.27. The van der Waals surface area contributed by atoms with Crippen LogP contribution in [0.25, 0.3) is 0 Å². The number of nitrogens with one attached hydrogen (secondary N) is 1. The monoisotopic (exact) mass is 405 g/mol. The van der Waals surface area contributed by atoms with Crippen LogP contribution in [0.4, 0.5) is 0 Å². The zero-order valence-electron chi connectivity index (χ0n) is 11.9. The molecular weight excluding hydrogens is 386 g/mol. The van der Waals surface area contributed by atoms with Gasteiger partial charge in [0.15, 0.2) is 0 Å². The predicted octanol–water partition coefficient (Wildman–Crippen LogP) is 4.27. The highest BCUT2D eigenvalue weighted by molar-refractivity contribution is 9.11. The minimum absolute atomic E-state index is 0.410. The average Bonchev–Trinajstić information content (AvgIpc) is 2.88. The molecule has 20 heavy (non-hydrogen) atoms. The fourth-order valence-corrected chi connectivity index (χ4v) is 4.07. The summed E-state index contributed by atoms with van der Waals surface area (Å²) in [5, 5.41) is 3.61. The summed E-state index contributed by atoms with van der Waals surface area (Å²) in [5.41, 5.74) is 1.17. The number of hydrogen-bond acceptors (Lipinski definition) is 3. The zero-order valence-corrected chi connectivity index (χ0v) is 15.1. The Morgan fingerprint density at radius 1 is 1.30 bits per heavy atom. The third-order valence-electron chi connectivity index (χ3n) is 3.67. The summed E-state index contributed by atoms with van der Waals surface area (Å²) in [5.74, 6) is 0.935. The van der Waals surface area contributed by atoms with Crippen molar-refractivity contribution in [2.75, 3.05) is 13.7 Å². The summed E-state index contributed by atoms with van der Waals surface area (Å²) < 4.78 is 13.2. The van der Waals surface area contributed by atoms with Gasteiger partial charge in [-0.25, -0.2) is 0 Å². The molecule has 0 aliphatic heterocycles. The van der Waals surface area contributed by atoms with Crippen LogP contribution in [0.2, 0.25) is 0 Å². The van der Waals surface area contributed by atoms with Crippen LogP contribution < -0.4 is 10.1 Å². The molecule has 1 N–H and O–H groups in total. The van der Waals surface area contributed by atoms with Crippen LogP contribution in [0.1, 0.15) is 31.7 Å². The fourth-order valence-electron chi connectivity index (χ4n) is 2.64. The quantitative estimate of drug-likeness (QED) is 0.765. The van der Waals surface area contributed by atoms with Gasteiger partial charge in [-0.3, -0.25) is 0 Å². The average molecular weight is 407 g/mol. The van der Waals surface area contributed by atoms with Crippen LogP contribution in [-0.2, 0) is 11.3 Å². The van der Waals surface area contributed by atoms with Crippen molar-refractivity contribution in [3.8, 4) is 5.75 Å². The number of rotatable bonds is 6. The Bertz CT molecular complexity index is 454. The SMILES string of the molecule is CCOc1c(Br)cc(Br)cc1CNC1CCC(OC)C1. The summed E-state index contributed by atoms with van der Waals surface area (Å²) in [7, 11) is 1.80. The number of hydrogen-bond donors (Lipinski definition) is 1. The molecule has 1 aliphatic carbocycles. The van der Waals surface area contributed by atoms with Gasteiger partial charge >= 0.3 is 0 Å². The molecule has 0 spiro atoms. The zero-order chi connectivity index (χ0) is 14.5. The Morgan fingerprint density at radius 3 is 2.75 bits per heavy atom. The fraction of sp³-hybridized carbons (Fsp3) is 0.600. The van der Waals surface area contributed by atoms with Gasteiger partial charge in [-0.2, -0.15) is 0 Å². The maximum absolute atomic E-state index is 5.75. The molecule has 2 rings (SSSR count). The van der Waals surface area contributed by atoms with Crippen LogP contribution in [0.15, 0.2) is 21.1 Å². The first-order valence-corrected chi connectivity index (χ1v) is 8.59. The maximum atomic E-state index is 5.75. The van der Waals surface area contributed by atoms with E-state index in [-0.39, 0.29) is 0 Å². The van der Waals surface area contributed by atoms with Crippen molar-refractivity contribution in [1.29, 1.82) is 0 Å². The first-order chi connectivity index (χ1) is 9.63. The molecule has 0 heterocycles. The molecule has 3 nitrogen and oxygen atoms in total. The molecule has 0 aromatic heterocycles. The van der Waals surface area contributed by atoms with Crippen LogP contribution in [0, 0.1) is 0 Å². The minimum atomic E-state index is 0.410. The van der Waals surface area contributed by atoms with Crippen molar-refractivity contribution in [3.63, 3.8) is 0 Å². The lowest BCUT2D eigenvalue weighted by molar-refractivity contribution is 0.107. The van der Waals surface area contributed by atoms with Crippen LogP contribution in [0.3, 0.4) is 0 Å². The summed E-state index contributed by atoms with van der Waals surface area (Å²) in [6.45, 7) is 3.49. The molecule has 5 heteroatoms. The molecule has 0 saturated heterocycles. The smallest absolute Gasteiger partial charge is 0.138 e. The molecule has 0 radical (unpaired) electrons. The Balaban J connectivity index is 2.01. The van der Waals surface area contributed by atoms with E-state index >= 15 is 0 Å². The highest BCUT2D eigenvalue weighted by Gasteiger charge is 2.24. The van der Waals surface area contributed by atoms with Gasteiger partial charge in [0.1, 0.15) is 5.75 Å². The standard InChI is InChI=1S/C15H21Br2NO2/c1-3-20-15-10(6-11(16)7-14(15)17)9-18-12-4-5-13(8-12)19-2/h6-7,12-13,18H,3-5,8-9H2,1-2H3. The van der Waals surface area contributed by atoms with E-state index in [2.05, 4.69) is 43.2 Å². The van der Waals surface area contributed by atoms with Crippen LogP contribution in [-0.4, -0.2) is 25.9 Å². The van der Waals surface area contributed by atoms with Gasteiger partial charge in [0.05, 0.1) is 17.2 Å². The van der Waals surface area contributed by atoms with Gasteiger partial charge in [-0.15, -0.1) is 0 Å². The van der Waals surface area contributed by atoms with E-state index in [0.717, 1.165) is 34.1 Å². The van der Waals surface area contributed by atoms with Crippen LogP contribution in [0.5, 0.6) is 5.75 Å². The third kappa shape index (κ3) is 4.20. The third-order valence-corrected chi connectivity index (χ3v) is 4.72. The van der Waals surface area contributed by atoms with E-state index in [1.54, 1.807) is 7.11 Å². The highest BCUT2D eigenvalue weighted by atomic mass is 79.9. The lowest BCUT2D eigenvalue weighted by Gasteiger charge is -2.17. The summed E-state index contributed by atoms with van der Waals surface area (Å²) in [4.78, 5) is 0. The van der Waals surface area contributed by atoms with Crippen molar-refractivity contribution in [2.45, 2.75) is 44.9 Å². The molecule has 112 valence electrons. The number of halogens is 2. The summed E-state index contributed by atoms with van der Waals surface area (Å²) in [6.07, 6.45) is 3.83. The van der Waals surface area contributed by atoms with E-state index in [1.165, 1.54) is 12.0 Å². The van der Waals surface area contributed by atoms with E-state index in [0.29, 0.717) is 18.8 Å². The van der Waals surface area contributed by atoms with Gasteiger partial charge in [0.2, 0.25) is 0 Å².